The minimum Gasteiger partial charge on any atom is -0.318 e. The van der Waals surface area contributed by atoms with Gasteiger partial charge in [-0.3, -0.25) is 10.1 Å². The number of hydrogen-bond donors (Lipinski definition) is 1. The van der Waals surface area contributed by atoms with Crippen molar-refractivity contribution in [2.24, 2.45) is 11.8 Å². The molecule has 3 unspecified atom stereocenters. The van der Waals surface area contributed by atoms with Crippen LogP contribution in [-0.4, -0.2) is 23.4 Å². The molecule has 2 heterocycles. The van der Waals surface area contributed by atoms with Crippen molar-refractivity contribution in [2.75, 3.05) is 6.54 Å². The van der Waals surface area contributed by atoms with Crippen molar-refractivity contribution >= 4 is 17.2 Å². The van der Waals surface area contributed by atoms with Gasteiger partial charge in [-0.1, -0.05) is 32.8 Å². The minimum absolute atomic E-state index is 0.104. The highest BCUT2D eigenvalue weighted by Crippen LogP contribution is 2.38. The molecule has 1 aromatic heterocycles. The topological polar surface area (TPSA) is 32.3 Å². The Hall–Kier alpha value is -0.870. The van der Waals surface area contributed by atoms with Gasteiger partial charge in [-0.2, -0.15) is 0 Å². The molecule has 2 fully saturated rings. The van der Waals surface area contributed by atoms with E-state index in [2.05, 4.69) is 41.6 Å². The van der Waals surface area contributed by atoms with Gasteiger partial charge in [0.05, 0.1) is 6.54 Å². The van der Waals surface area contributed by atoms with Crippen LogP contribution in [0.4, 0.5) is 0 Å². The maximum atomic E-state index is 12.4. The standard InChI is InChI=1S/C16H24N2OS/c1-11(2)12-6-3-4-7-13(12)18-15(19)10-17-16(18)14-8-5-9-20-14/h5,8-9,11-13,16-17H,3-4,6-7,10H2,1-2H3. The summed E-state index contributed by atoms with van der Waals surface area (Å²) in [5.41, 5.74) is 0. The van der Waals surface area contributed by atoms with Crippen LogP contribution in [0.3, 0.4) is 0 Å². The van der Waals surface area contributed by atoms with E-state index in [4.69, 9.17) is 0 Å². The molecule has 1 aliphatic carbocycles. The Bertz CT molecular complexity index is 457. The Kier molecular flexibility index (Phi) is 4.13. The van der Waals surface area contributed by atoms with Crippen LogP contribution in [0.2, 0.25) is 0 Å². The first-order chi connectivity index (χ1) is 9.68. The van der Waals surface area contributed by atoms with Crippen LogP contribution < -0.4 is 5.32 Å². The van der Waals surface area contributed by atoms with E-state index in [1.165, 1.54) is 24.1 Å². The highest BCUT2D eigenvalue weighted by Gasteiger charge is 2.41. The second-order valence-corrected chi connectivity index (χ2v) is 7.34. The fourth-order valence-corrected chi connectivity index (χ4v) is 4.64. The Morgan fingerprint density at radius 2 is 2.15 bits per heavy atom. The summed E-state index contributed by atoms with van der Waals surface area (Å²) in [6.45, 7) is 5.10. The second kappa shape index (κ2) is 5.86. The lowest BCUT2D eigenvalue weighted by atomic mass is 9.77. The first-order valence-corrected chi connectivity index (χ1v) is 8.64. The van der Waals surface area contributed by atoms with Crippen LogP contribution in [-0.2, 0) is 4.79 Å². The van der Waals surface area contributed by atoms with Crippen molar-refractivity contribution in [3.05, 3.63) is 22.4 Å². The highest BCUT2D eigenvalue weighted by molar-refractivity contribution is 7.10. The smallest absolute Gasteiger partial charge is 0.238 e. The predicted molar refractivity (Wildman–Crippen MR) is 82.5 cm³/mol. The van der Waals surface area contributed by atoms with Crippen molar-refractivity contribution in [2.45, 2.75) is 51.7 Å². The van der Waals surface area contributed by atoms with Crippen molar-refractivity contribution in [3.8, 4) is 0 Å². The lowest BCUT2D eigenvalue weighted by Gasteiger charge is -2.42. The zero-order valence-corrected chi connectivity index (χ0v) is 13.2. The lowest BCUT2D eigenvalue weighted by Crippen LogP contribution is -2.46. The van der Waals surface area contributed by atoms with Gasteiger partial charge in [-0.25, -0.2) is 0 Å². The van der Waals surface area contributed by atoms with Crippen LogP contribution >= 0.6 is 11.3 Å². The monoisotopic (exact) mass is 292 g/mol. The van der Waals surface area contributed by atoms with Crippen molar-refractivity contribution in [1.82, 2.24) is 10.2 Å². The van der Waals surface area contributed by atoms with E-state index in [-0.39, 0.29) is 12.1 Å². The molecule has 0 radical (unpaired) electrons. The fraction of sp³-hybridized carbons (Fsp3) is 0.688. The SMILES string of the molecule is CC(C)C1CCCCC1N1C(=O)CNC1c1cccs1. The Labute approximate surface area is 125 Å². The molecule has 1 aromatic rings. The van der Waals surface area contributed by atoms with Crippen molar-refractivity contribution in [3.63, 3.8) is 0 Å². The van der Waals surface area contributed by atoms with Gasteiger partial charge >= 0.3 is 0 Å². The van der Waals surface area contributed by atoms with Gasteiger partial charge < -0.3 is 4.90 Å². The number of rotatable bonds is 3. The van der Waals surface area contributed by atoms with E-state index < -0.39 is 0 Å². The molecule has 3 rings (SSSR count). The Balaban J connectivity index is 1.86. The molecule has 2 aliphatic rings. The summed E-state index contributed by atoms with van der Waals surface area (Å²) in [6.07, 6.45) is 5.11. The number of amides is 1. The van der Waals surface area contributed by atoms with Crippen LogP contribution in [0, 0.1) is 11.8 Å². The molecule has 1 N–H and O–H groups in total. The average molecular weight is 292 g/mol. The minimum atomic E-state index is 0.104. The molecule has 110 valence electrons. The molecule has 1 aliphatic heterocycles. The molecule has 0 spiro atoms. The molecule has 1 saturated carbocycles. The third-order valence-corrected chi connectivity index (χ3v) is 5.75. The summed E-state index contributed by atoms with van der Waals surface area (Å²) < 4.78 is 0. The first-order valence-electron chi connectivity index (χ1n) is 7.76. The molecule has 4 heteroatoms. The molecule has 1 saturated heterocycles. The molecular formula is C16H24N2OS. The number of thiophene rings is 1. The molecule has 3 atom stereocenters. The largest absolute Gasteiger partial charge is 0.318 e. The predicted octanol–water partition coefficient (Wildman–Crippen LogP) is 3.39. The van der Waals surface area contributed by atoms with Gasteiger partial charge in [-0.15, -0.1) is 11.3 Å². The highest BCUT2D eigenvalue weighted by atomic mass is 32.1. The average Bonchev–Trinajstić information content (AvgIpc) is 3.07. The van der Waals surface area contributed by atoms with Crippen LogP contribution in [0.15, 0.2) is 17.5 Å². The summed E-state index contributed by atoms with van der Waals surface area (Å²) in [4.78, 5) is 15.8. The molecule has 0 aromatic carbocycles. The van der Waals surface area contributed by atoms with Crippen LogP contribution in [0.25, 0.3) is 0 Å². The van der Waals surface area contributed by atoms with Crippen molar-refractivity contribution in [1.29, 1.82) is 0 Å². The third-order valence-electron chi connectivity index (χ3n) is 4.82. The summed E-state index contributed by atoms with van der Waals surface area (Å²) in [5.74, 6) is 1.58. The zero-order chi connectivity index (χ0) is 14.1. The van der Waals surface area contributed by atoms with Gasteiger partial charge in [0.25, 0.3) is 0 Å². The fourth-order valence-electron chi connectivity index (χ4n) is 3.84. The number of nitrogens with one attached hydrogen (secondary N) is 1. The number of carbonyl (C=O) groups is 1. The van der Waals surface area contributed by atoms with E-state index in [0.717, 1.165) is 6.42 Å². The van der Waals surface area contributed by atoms with E-state index in [1.807, 2.05) is 0 Å². The van der Waals surface area contributed by atoms with Gasteiger partial charge in [-0.05, 0) is 36.1 Å². The molecule has 0 bridgehead atoms. The quantitative estimate of drug-likeness (QED) is 0.926. The van der Waals surface area contributed by atoms with E-state index >= 15 is 0 Å². The maximum absolute atomic E-state index is 12.4. The lowest BCUT2D eigenvalue weighted by molar-refractivity contribution is -0.132. The zero-order valence-electron chi connectivity index (χ0n) is 12.3. The molecule has 20 heavy (non-hydrogen) atoms. The van der Waals surface area contributed by atoms with Gasteiger partial charge in [0.2, 0.25) is 5.91 Å². The normalized spacial score (nSPS) is 31.2. The number of nitrogens with zero attached hydrogens (tertiary/aromatic N) is 1. The van der Waals surface area contributed by atoms with E-state index in [9.17, 15) is 4.79 Å². The van der Waals surface area contributed by atoms with Gasteiger partial charge in [0.15, 0.2) is 0 Å². The summed E-state index contributed by atoms with van der Waals surface area (Å²) in [5, 5.41) is 5.50. The summed E-state index contributed by atoms with van der Waals surface area (Å²) in [7, 11) is 0. The molecule has 3 nitrogen and oxygen atoms in total. The maximum Gasteiger partial charge on any atom is 0.238 e. The van der Waals surface area contributed by atoms with Crippen molar-refractivity contribution < 1.29 is 4.79 Å². The number of carbonyl (C=O) groups excluding carboxylic acids is 1. The van der Waals surface area contributed by atoms with Crippen LogP contribution in [0.1, 0.15) is 50.6 Å². The summed E-state index contributed by atoms with van der Waals surface area (Å²) in [6, 6.07) is 4.63. The van der Waals surface area contributed by atoms with Gasteiger partial charge in [0.1, 0.15) is 6.17 Å². The summed E-state index contributed by atoms with van der Waals surface area (Å²) >= 11 is 1.74. The Morgan fingerprint density at radius 1 is 1.35 bits per heavy atom. The molecular weight excluding hydrogens is 268 g/mol. The third kappa shape index (κ3) is 2.51. The van der Waals surface area contributed by atoms with E-state index in [0.29, 0.717) is 24.4 Å². The number of hydrogen-bond acceptors (Lipinski definition) is 3. The Morgan fingerprint density at radius 3 is 2.85 bits per heavy atom. The first kappa shape index (κ1) is 14.1. The van der Waals surface area contributed by atoms with Gasteiger partial charge in [0, 0.05) is 10.9 Å². The second-order valence-electron chi connectivity index (χ2n) is 6.36. The molecule has 1 amide bonds. The van der Waals surface area contributed by atoms with E-state index in [1.54, 1.807) is 11.3 Å². The van der Waals surface area contributed by atoms with Crippen LogP contribution in [0.5, 0.6) is 0 Å².